The number of piperazine rings is 1. The lowest BCUT2D eigenvalue weighted by Gasteiger charge is -2.40. The normalized spacial score (nSPS) is 19.2. The summed E-state index contributed by atoms with van der Waals surface area (Å²) in [5.74, 6) is 2.30. The quantitative estimate of drug-likeness (QED) is 0.554. The van der Waals surface area contributed by atoms with E-state index in [0.29, 0.717) is 12.5 Å². The third kappa shape index (κ3) is 4.51. The fraction of sp³-hybridized carbons (Fsp3) is 0.462. The van der Waals surface area contributed by atoms with Crippen LogP contribution in [0.4, 0.5) is 11.5 Å². The van der Waals surface area contributed by atoms with Gasteiger partial charge in [0, 0.05) is 60.4 Å². The van der Waals surface area contributed by atoms with Crippen LogP contribution in [0, 0.1) is 12.8 Å². The van der Waals surface area contributed by atoms with Crippen molar-refractivity contribution >= 4 is 38.8 Å². The highest BCUT2D eigenvalue weighted by atomic mass is 32.1. The summed E-state index contributed by atoms with van der Waals surface area (Å²) in [5.41, 5.74) is 1.13. The first-order chi connectivity index (χ1) is 16.1. The number of hydrogen-bond acceptors (Lipinski definition) is 6. The number of anilines is 2. The van der Waals surface area contributed by atoms with E-state index >= 15 is 0 Å². The number of fused-ring (bicyclic) bond motifs is 1. The molecule has 6 nitrogen and oxygen atoms in total. The van der Waals surface area contributed by atoms with E-state index in [0.717, 1.165) is 69.4 Å². The molecular weight excluding hydrogens is 432 g/mol. The number of aromatic nitrogens is 1. The molecule has 7 heteroatoms. The maximum atomic E-state index is 13.4. The van der Waals surface area contributed by atoms with Crippen LogP contribution in [0.1, 0.15) is 24.6 Å². The molecule has 2 fully saturated rings. The molecule has 4 heterocycles. The lowest BCUT2D eigenvalue weighted by molar-refractivity contribution is -0.136. The smallest absolute Gasteiger partial charge is 0.227 e. The van der Waals surface area contributed by atoms with E-state index in [-0.39, 0.29) is 5.92 Å². The minimum atomic E-state index is 0.0396. The summed E-state index contributed by atoms with van der Waals surface area (Å²) in [5, 5.41) is 1.22. The van der Waals surface area contributed by atoms with Crippen molar-refractivity contribution in [3.63, 3.8) is 0 Å². The predicted octanol–water partition coefficient (Wildman–Crippen LogP) is 4.57. The van der Waals surface area contributed by atoms with Crippen molar-refractivity contribution in [3.8, 4) is 5.75 Å². The maximum absolute atomic E-state index is 13.4. The van der Waals surface area contributed by atoms with E-state index in [4.69, 9.17) is 9.72 Å². The summed E-state index contributed by atoms with van der Waals surface area (Å²) in [6.45, 7) is 9.71. The largest absolute Gasteiger partial charge is 0.492 e. The van der Waals surface area contributed by atoms with Crippen molar-refractivity contribution in [3.05, 3.63) is 47.5 Å². The standard InChI is InChI=1S/C26H32N4O2S/c1-3-32-23-9-5-4-8-22(23)28-13-15-29(16-14-28)26(31)20-7-6-12-30(18-20)25-21-17-19(2)33-24(21)10-11-27-25/h4-5,8-11,17,20H,3,6-7,12-16,18H2,1-2H3/t20-/m0/s1. The number of carbonyl (C=O) groups excluding carboxylic acids is 1. The van der Waals surface area contributed by atoms with Crippen LogP contribution in [0.15, 0.2) is 42.6 Å². The summed E-state index contributed by atoms with van der Waals surface area (Å²) in [4.78, 5) is 26.2. The van der Waals surface area contributed by atoms with Crippen molar-refractivity contribution in [2.45, 2.75) is 26.7 Å². The van der Waals surface area contributed by atoms with Crippen LogP contribution in [0.25, 0.3) is 10.1 Å². The van der Waals surface area contributed by atoms with Gasteiger partial charge in [0.15, 0.2) is 0 Å². The summed E-state index contributed by atoms with van der Waals surface area (Å²) in [6.07, 6.45) is 3.89. The van der Waals surface area contributed by atoms with E-state index in [2.05, 4.69) is 45.9 Å². The predicted molar refractivity (Wildman–Crippen MR) is 136 cm³/mol. The number of ether oxygens (including phenoxy) is 1. The van der Waals surface area contributed by atoms with E-state index < -0.39 is 0 Å². The van der Waals surface area contributed by atoms with E-state index in [1.54, 1.807) is 11.3 Å². The first-order valence-electron chi connectivity index (χ1n) is 12.0. The molecule has 1 amide bonds. The second-order valence-electron chi connectivity index (χ2n) is 8.90. The Morgan fingerprint density at radius 2 is 1.94 bits per heavy atom. The maximum Gasteiger partial charge on any atom is 0.227 e. The molecule has 0 aliphatic carbocycles. The van der Waals surface area contributed by atoms with Gasteiger partial charge in [-0.3, -0.25) is 4.79 Å². The molecular formula is C26H32N4O2S. The van der Waals surface area contributed by atoms with Crippen molar-refractivity contribution in [1.29, 1.82) is 0 Å². The fourth-order valence-corrected chi connectivity index (χ4v) is 6.03. The van der Waals surface area contributed by atoms with Crippen LogP contribution in [-0.2, 0) is 4.79 Å². The molecule has 2 aliphatic heterocycles. The minimum Gasteiger partial charge on any atom is -0.492 e. The molecule has 0 unspecified atom stereocenters. The van der Waals surface area contributed by atoms with E-state index in [1.807, 2.05) is 25.3 Å². The zero-order valence-electron chi connectivity index (χ0n) is 19.5. The van der Waals surface area contributed by atoms with Crippen molar-refractivity contribution in [1.82, 2.24) is 9.88 Å². The molecule has 1 aromatic carbocycles. The minimum absolute atomic E-state index is 0.0396. The van der Waals surface area contributed by atoms with Crippen molar-refractivity contribution in [2.24, 2.45) is 5.92 Å². The number of nitrogens with zero attached hydrogens (tertiary/aromatic N) is 4. The molecule has 0 spiro atoms. The number of benzene rings is 1. The number of piperidine rings is 1. The van der Waals surface area contributed by atoms with Gasteiger partial charge in [-0.15, -0.1) is 11.3 Å². The van der Waals surface area contributed by atoms with Gasteiger partial charge in [-0.1, -0.05) is 12.1 Å². The van der Waals surface area contributed by atoms with Gasteiger partial charge in [-0.25, -0.2) is 4.98 Å². The lowest BCUT2D eigenvalue weighted by Crippen LogP contribution is -2.52. The Bertz CT molecular complexity index is 1120. The highest BCUT2D eigenvalue weighted by molar-refractivity contribution is 7.19. The van der Waals surface area contributed by atoms with Crippen molar-refractivity contribution < 1.29 is 9.53 Å². The number of aryl methyl sites for hydroxylation is 1. The van der Waals surface area contributed by atoms with Gasteiger partial charge in [-0.2, -0.15) is 0 Å². The van der Waals surface area contributed by atoms with Gasteiger partial charge in [0.25, 0.3) is 0 Å². The van der Waals surface area contributed by atoms with E-state index in [1.165, 1.54) is 15.0 Å². The summed E-state index contributed by atoms with van der Waals surface area (Å²) in [6, 6.07) is 12.5. The Morgan fingerprint density at radius 1 is 1.12 bits per heavy atom. The molecule has 0 bridgehead atoms. The average molecular weight is 465 g/mol. The second-order valence-corrected chi connectivity index (χ2v) is 10.2. The van der Waals surface area contributed by atoms with Crippen LogP contribution in [0.2, 0.25) is 0 Å². The molecule has 2 aromatic heterocycles. The number of carbonyl (C=O) groups is 1. The fourth-order valence-electron chi connectivity index (χ4n) is 5.12. The molecule has 1 atom stereocenters. The first-order valence-corrected chi connectivity index (χ1v) is 12.8. The van der Waals surface area contributed by atoms with Crippen LogP contribution in [-0.4, -0.2) is 61.7 Å². The highest BCUT2D eigenvalue weighted by Gasteiger charge is 2.32. The van der Waals surface area contributed by atoms with Gasteiger partial charge in [-0.05, 0) is 51.0 Å². The third-order valence-electron chi connectivity index (χ3n) is 6.71. The number of hydrogen-bond donors (Lipinski definition) is 0. The van der Waals surface area contributed by atoms with Gasteiger partial charge in [0.1, 0.15) is 11.6 Å². The van der Waals surface area contributed by atoms with Crippen LogP contribution >= 0.6 is 11.3 Å². The van der Waals surface area contributed by atoms with Crippen LogP contribution in [0.3, 0.4) is 0 Å². The number of thiophene rings is 1. The summed E-state index contributed by atoms with van der Waals surface area (Å²) < 4.78 is 7.09. The number of pyridine rings is 1. The number of para-hydroxylation sites is 2. The second kappa shape index (κ2) is 9.59. The Balaban J connectivity index is 1.24. The highest BCUT2D eigenvalue weighted by Crippen LogP contribution is 2.34. The van der Waals surface area contributed by atoms with Gasteiger partial charge in [0.05, 0.1) is 18.2 Å². The average Bonchev–Trinajstić information content (AvgIpc) is 3.24. The molecule has 5 rings (SSSR count). The Hall–Kier alpha value is -2.80. The number of rotatable bonds is 5. The molecule has 2 saturated heterocycles. The van der Waals surface area contributed by atoms with Gasteiger partial charge in [0.2, 0.25) is 5.91 Å². The molecule has 2 aliphatic rings. The molecule has 0 saturated carbocycles. The summed E-state index contributed by atoms with van der Waals surface area (Å²) >= 11 is 1.81. The molecule has 174 valence electrons. The topological polar surface area (TPSA) is 48.9 Å². The Morgan fingerprint density at radius 3 is 2.76 bits per heavy atom. The summed E-state index contributed by atoms with van der Waals surface area (Å²) in [7, 11) is 0. The monoisotopic (exact) mass is 464 g/mol. The van der Waals surface area contributed by atoms with Crippen molar-refractivity contribution in [2.75, 3.05) is 55.7 Å². The van der Waals surface area contributed by atoms with Crippen LogP contribution < -0.4 is 14.5 Å². The molecule has 0 N–H and O–H groups in total. The van der Waals surface area contributed by atoms with Crippen LogP contribution in [0.5, 0.6) is 5.75 Å². The zero-order valence-corrected chi connectivity index (χ0v) is 20.3. The Kier molecular flexibility index (Phi) is 6.40. The number of amides is 1. The van der Waals surface area contributed by atoms with E-state index in [9.17, 15) is 4.79 Å². The lowest BCUT2D eigenvalue weighted by atomic mass is 9.96. The zero-order chi connectivity index (χ0) is 22.8. The molecule has 3 aromatic rings. The van der Waals surface area contributed by atoms with Gasteiger partial charge < -0.3 is 19.4 Å². The SMILES string of the molecule is CCOc1ccccc1N1CCN(C(=O)[C@H]2CCCN(c3nccc4sc(C)cc34)C2)CC1. The van der Waals surface area contributed by atoms with Gasteiger partial charge >= 0.3 is 0 Å². The molecule has 33 heavy (non-hydrogen) atoms. The first kappa shape index (κ1) is 22.0. The Labute approximate surface area is 199 Å². The third-order valence-corrected chi connectivity index (χ3v) is 7.73. The molecule has 0 radical (unpaired) electrons.